The highest BCUT2D eigenvalue weighted by Crippen LogP contribution is 2.17. The summed E-state index contributed by atoms with van der Waals surface area (Å²) in [6.45, 7) is 2.47. The maximum atomic E-state index is 13.4. The molecule has 0 spiro atoms. The summed E-state index contributed by atoms with van der Waals surface area (Å²) in [5.74, 6) is -2.40. The summed E-state index contributed by atoms with van der Waals surface area (Å²) in [7, 11) is 0. The Morgan fingerprint density at radius 2 is 2.05 bits per heavy atom. The number of amides is 1. The van der Waals surface area contributed by atoms with Gasteiger partial charge in [0.05, 0.1) is 12.0 Å². The van der Waals surface area contributed by atoms with E-state index in [1.165, 1.54) is 32.0 Å². The van der Waals surface area contributed by atoms with Crippen molar-refractivity contribution < 1.29 is 28.9 Å². The van der Waals surface area contributed by atoms with E-state index in [2.05, 4.69) is 5.32 Å². The number of aliphatic hydroxyl groups is 1. The monoisotopic (exact) mass is 299 g/mol. The van der Waals surface area contributed by atoms with Crippen LogP contribution in [0.5, 0.6) is 5.75 Å². The van der Waals surface area contributed by atoms with Gasteiger partial charge in [-0.1, -0.05) is 12.1 Å². The van der Waals surface area contributed by atoms with Crippen LogP contribution in [0.1, 0.15) is 20.3 Å². The van der Waals surface area contributed by atoms with Crippen molar-refractivity contribution in [3.63, 3.8) is 0 Å². The summed E-state index contributed by atoms with van der Waals surface area (Å²) in [4.78, 5) is 22.3. The minimum absolute atomic E-state index is 0.0579. The van der Waals surface area contributed by atoms with Crippen LogP contribution in [0.25, 0.3) is 0 Å². The molecule has 0 aliphatic carbocycles. The normalized spacial score (nSPS) is 14.9. The molecule has 0 heterocycles. The van der Waals surface area contributed by atoms with E-state index in [9.17, 15) is 19.1 Å². The second kappa shape index (κ2) is 7.03. The van der Waals surface area contributed by atoms with Crippen molar-refractivity contribution in [1.29, 1.82) is 0 Å². The van der Waals surface area contributed by atoms with E-state index < -0.39 is 35.8 Å². The van der Waals surface area contributed by atoms with Crippen LogP contribution >= 0.6 is 0 Å². The average molecular weight is 299 g/mol. The fourth-order valence-electron chi connectivity index (χ4n) is 1.59. The van der Waals surface area contributed by atoms with Crippen LogP contribution in [0.2, 0.25) is 0 Å². The Balaban J connectivity index is 2.52. The number of rotatable bonds is 7. The summed E-state index contributed by atoms with van der Waals surface area (Å²) >= 11 is 0. The molecule has 1 aromatic rings. The summed E-state index contributed by atoms with van der Waals surface area (Å²) in [5.41, 5.74) is -1.57. The lowest BCUT2D eigenvalue weighted by atomic mass is 10.0. The van der Waals surface area contributed by atoms with Crippen LogP contribution in [0.15, 0.2) is 24.3 Å². The molecule has 2 unspecified atom stereocenters. The quantitative estimate of drug-likeness (QED) is 0.696. The van der Waals surface area contributed by atoms with Crippen molar-refractivity contribution in [2.24, 2.45) is 0 Å². The van der Waals surface area contributed by atoms with Crippen molar-refractivity contribution in [1.82, 2.24) is 5.32 Å². The molecule has 0 saturated heterocycles. The second-order valence-corrected chi connectivity index (χ2v) is 4.98. The first kappa shape index (κ1) is 16.9. The number of hydrogen-bond donors (Lipinski definition) is 3. The van der Waals surface area contributed by atoms with Gasteiger partial charge in [0.25, 0.3) is 5.91 Å². The molecule has 21 heavy (non-hydrogen) atoms. The first-order valence-corrected chi connectivity index (χ1v) is 6.34. The molecule has 0 aromatic heterocycles. The summed E-state index contributed by atoms with van der Waals surface area (Å²) in [6.07, 6.45) is -1.49. The van der Waals surface area contributed by atoms with Gasteiger partial charge in [-0.25, -0.2) is 4.39 Å². The van der Waals surface area contributed by atoms with Crippen molar-refractivity contribution >= 4 is 11.9 Å². The number of carboxylic acids is 1. The zero-order valence-corrected chi connectivity index (χ0v) is 11.8. The van der Waals surface area contributed by atoms with Crippen molar-refractivity contribution in [2.75, 3.05) is 6.54 Å². The second-order valence-electron chi connectivity index (χ2n) is 4.98. The minimum atomic E-state index is -1.57. The highest BCUT2D eigenvalue weighted by Gasteiger charge is 2.26. The molecule has 0 bridgehead atoms. The molecule has 0 aliphatic heterocycles. The fourth-order valence-corrected chi connectivity index (χ4v) is 1.59. The van der Waals surface area contributed by atoms with Gasteiger partial charge in [0.15, 0.2) is 17.7 Å². The number of hydrogen-bond acceptors (Lipinski definition) is 4. The molecular formula is C14H18FNO5. The average Bonchev–Trinajstić information content (AvgIpc) is 2.37. The van der Waals surface area contributed by atoms with Gasteiger partial charge < -0.3 is 20.3 Å². The zero-order valence-electron chi connectivity index (χ0n) is 11.8. The molecular weight excluding hydrogens is 281 g/mol. The largest absolute Gasteiger partial charge is 0.481 e. The van der Waals surface area contributed by atoms with Gasteiger partial charge in [-0.3, -0.25) is 9.59 Å². The smallest absolute Gasteiger partial charge is 0.306 e. The number of para-hydroxylation sites is 1. The minimum Gasteiger partial charge on any atom is -0.481 e. The molecule has 0 radical (unpaired) electrons. The van der Waals surface area contributed by atoms with E-state index in [1.807, 2.05) is 0 Å². The van der Waals surface area contributed by atoms with Gasteiger partial charge in [-0.15, -0.1) is 0 Å². The third kappa shape index (κ3) is 5.78. The van der Waals surface area contributed by atoms with E-state index in [4.69, 9.17) is 9.84 Å². The fraction of sp³-hybridized carbons (Fsp3) is 0.429. The number of carbonyl (C=O) groups excluding carboxylic acids is 1. The van der Waals surface area contributed by atoms with Crippen molar-refractivity contribution in [3.8, 4) is 5.75 Å². The Labute approximate surface area is 121 Å². The Bertz CT molecular complexity index is 518. The van der Waals surface area contributed by atoms with Crippen molar-refractivity contribution in [2.45, 2.75) is 32.0 Å². The molecule has 2 atom stereocenters. The Morgan fingerprint density at radius 1 is 1.43 bits per heavy atom. The standard InChI is InChI=1S/C14H18FNO5/c1-9(21-11-6-4-3-5-10(11)15)13(19)16-8-14(2,20)7-12(17)18/h3-6,9,20H,7-8H2,1-2H3,(H,16,19)(H,17,18). The van der Waals surface area contributed by atoms with Crippen LogP contribution in [-0.2, 0) is 9.59 Å². The van der Waals surface area contributed by atoms with Gasteiger partial charge in [-0.2, -0.15) is 0 Å². The molecule has 1 amide bonds. The lowest BCUT2D eigenvalue weighted by molar-refractivity contribution is -0.142. The van der Waals surface area contributed by atoms with E-state index in [0.717, 1.165) is 0 Å². The number of aliphatic carboxylic acids is 1. The van der Waals surface area contributed by atoms with Gasteiger partial charge >= 0.3 is 5.97 Å². The van der Waals surface area contributed by atoms with Crippen LogP contribution in [0.3, 0.4) is 0 Å². The van der Waals surface area contributed by atoms with Gasteiger partial charge in [0, 0.05) is 6.54 Å². The molecule has 1 aromatic carbocycles. The molecule has 7 heteroatoms. The summed E-state index contributed by atoms with van der Waals surface area (Å²) in [6, 6.07) is 5.66. The highest BCUT2D eigenvalue weighted by molar-refractivity contribution is 5.80. The third-order valence-electron chi connectivity index (χ3n) is 2.69. The zero-order chi connectivity index (χ0) is 16.0. The molecule has 1 rings (SSSR count). The predicted molar refractivity (Wildman–Crippen MR) is 72.4 cm³/mol. The Hall–Kier alpha value is -2.15. The lowest BCUT2D eigenvalue weighted by Gasteiger charge is -2.23. The Kier molecular flexibility index (Phi) is 5.66. The molecule has 6 nitrogen and oxygen atoms in total. The maximum Gasteiger partial charge on any atom is 0.306 e. The van der Waals surface area contributed by atoms with E-state index in [1.54, 1.807) is 6.07 Å². The first-order chi connectivity index (χ1) is 9.71. The third-order valence-corrected chi connectivity index (χ3v) is 2.69. The number of halogens is 1. The van der Waals surface area contributed by atoms with Gasteiger partial charge in [-0.05, 0) is 26.0 Å². The molecule has 0 aliphatic rings. The number of nitrogens with one attached hydrogen (secondary N) is 1. The van der Waals surface area contributed by atoms with Crippen molar-refractivity contribution in [3.05, 3.63) is 30.1 Å². The predicted octanol–water partition coefficient (Wildman–Crippen LogP) is 0.935. The number of ether oxygens (including phenoxy) is 1. The van der Waals surface area contributed by atoms with Crippen LogP contribution in [0.4, 0.5) is 4.39 Å². The molecule has 0 fully saturated rings. The summed E-state index contributed by atoms with van der Waals surface area (Å²) < 4.78 is 18.5. The SMILES string of the molecule is CC(Oc1ccccc1F)C(=O)NCC(C)(O)CC(=O)O. The van der Waals surface area contributed by atoms with Gasteiger partial charge in [0.2, 0.25) is 0 Å². The topological polar surface area (TPSA) is 95.9 Å². The molecule has 3 N–H and O–H groups in total. The number of carbonyl (C=O) groups is 2. The van der Waals surface area contributed by atoms with Gasteiger partial charge in [0.1, 0.15) is 0 Å². The highest BCUT2D eigenvalue weighted by atomic mass is 19.1. The van der Waals surface area contributed by atoms with Crippen LogP contribution in [-0.4, -0.2) is 40.3 Å². The Morgan fingerprint density at radius 3 is 2.62 bits per heavy atom. The molecule has 0 saturated carbocycles. The van der Waals surface area contributed by atoms with E-state index in [0.29, 0.717) is 0 Å². The summed E-state index contributed by atoms with van der Waals surface area (Å²) in [5, 5.41) is 20.7. The number of carboxylic acid groups (broad SMARTS) is 1. The van der Waals surface area contributed by atoms with E-state index >= 15 is 0 Å². The van der Waals surface area contributed by atoms with E-state index in [-0.39, 0.29) is 12.3 Å². The lowest BCUT2D eigenvalue weighted by Crippen LogP contribution is -2.46. The van der Waals surface area contributed by atoms with Crippen LogP contribution in [0, 0.1) is 5.82 Å². The van der Waals surface area contributed by atoms with Crippen LogP contribution < -0.4 is 10.1 Å². The first-order valence-electron chi connectivity index (χ1n) is 6.34. The number of benzene rings is 1. The molecule has 116 valence electrons. The maximum absolute atomic E-state index is 13.4.